The molecule has 0 saturated carbocycles. The average molecular weight is 229 g/mol. The van der Waals surface area contributed by atoms with Crippen molar-refractivity contribution in [3.63, 3.8) is 0 Å². The van der Waals surface area contributed by atoms with Crippen molar-refractivity contribution in [2.75, 3.05) is 12.1 Å². The molecular weight excluding hydrogens is 210 g/mol. The summed E-state index contributed by atoms with van der Waals surface area (Å²) in [6, 6.07) is 14.5. The molecule has 0 unspecified atom stereocenters. The summed E-state index contributed by atoms with van der Waals surface area (Å²) in [5.74, 6) is 0. The highest BCUT2D eigenvalue weighted by Gasteiger charge is 1.98. The number of hydrogen-bond acceptors (Lipinski definition) is 2. The minimum Gasteiger partial charge on any atom is -0.276 e. The van der Waals surface area contributed by atoms with E-state index in [2.05, 4.69) is 30.6 Å². The maximum absolute atomic E-state index is 5.48. The quantitative estimate of drug-likeness (QED) is 0.586. The van der Waals surface area contributed by atoms with Gasteiger partial charge in [0.25, 0.3) is 0 Å². The van der Waals surface area contributed by atoms with Gasteiger partial charge in [0.05, 0.1) is 12.3 Å². The van der Waals surface area contributed by atoms with Gasteiger partial charge in [-0.3, -0.25) is 10.3 Å². The Hall–Kier alpha value is -1.54. The minimum absolute atomic E-state index is 0.761. The van der Waals surface area contributed by atoms with Crippen molar-refractivity contribution in [3.05, 3.63) is 42.5 Å². The second-order valence-corrected chi connectivity index (χ2v) is 4.18. The Balaban J connectivity index is 1.98. The van der Waals surface area contributed by atoms with Gasteiger partial charge in [0.2, 0.25) is 0 Å². The van der Waals surface area contributed by atoms with E-state index in [0.29, 0.717) is 0 Å². The highest BCUT2D eigenvalue weighted by molar-refractivity contribution is 5.93. The molecule has 2 nitrogen and oxygen atoms in total. The molecule has 0 fully saturated rings. The van der Waals surface area contributed by atoms with Crippen molar-refractivity contribution in [2.45, 2.75) is 26.2 Å². The van der Waals surface area contributed by atoms with Crippen LogP contribution in [0.15, 0.2) is 42.5 Å². The number of anilines is 1. The summed E-state index contributed by atoms with van der Waals surface area (Å²) < 4.78 is 0. The first-order valence-electron chi connectivity index (χ1n) is 6.27. The van der Waals surface area contributed by atoms with E-state index in [-0.39, 0.29) is 0 Å². The fourth-order valence-electron chi connectivity index (χ4n) is 1.87. The molecule has 17 heavy (non-hydrogen) atoms. The van der Waals surface area contributed by atoms with E-state index >= 15 is 0 Å². The average Bonchev–Trinajstić information content (AvgIpc) is 2.39. The van der Waals surface area contributed by atoms with Crippen LogP contribution in [0.5, 0.6) is 0 Å². The highest BCUT2D eigenvalue weighted by Crippen LogP contribution is 2.22. The third-order valence-electron chi connectivity index (χ3n) is 2.82. The molecule has 0 aliphatic carbocycles. The van der Waals surface area contributed by atoms with Crippen LogP contribution in [-0.4, -0.2) is 6.61 Å². The van der Waals surface area contributed by atoms with E-state index < -0.39 is 0 Å². The number of hydrogen-bond donors (Lipinski definition) is 1. The van der Waals surface area contributed by atoms with Crippen LogP contribution >= 0.6 is 0 Å². The van der Waals surface area contributed by atoms with Gasteiger partial charge in [-0.2, -0.15) is 0 Å². The molecule has 0 aliphatic rings. The normalized spacial score (nSPS) is 10.6. The molecule has 90 valence electrons. The Labute approximate surface area is 103 Å². The first-order valence-corrected chi connectivity index (χ1v) is 6.27. The molecule has 0 amide bonds. The van der Waals surface area contributed by atoms with Gasteiger partial charge in [-0.15, -0.1) is 0 Å². The van der Waals surface area contributed by atoms with Crippen LogP contribution in [0, 0.1) is 0 Å². The molecule has 2 rings (SSSR count). The zero-order valence-corrected chi connectivity index (χ0v) is 10.3. The lowest BCUT2D eigenvalue weighted by Crippen LogP contribution is -2.03. The molecule has 0 aliphatic heterocycles. The smallest absolute Gasteiger partial charge is 0.0746 e. The third kappa shape index (κ3) is 3.21. The lowest BCUT2D eigenvalue weighted by molar-refractivity contribution is 0.188. The van der Waals surface area contributed by atoms with Crippen LogP contribution in [-0.2, 0) is 4.84 Å². The molecule has 0 radical (unpaired) electrons. The molecule has 0 heterocycles. The SMILES string of the molecule is CCCCCONc1cccc2ccccc12. The van der Waals surface area contributed by atoms with Gasteiger partial charge in [-0.1, -0.05) is 56.2 Å². The zero-order chi connectivity index (χ0) is 11.9. The Bertz CT molecular complexity index is 462. The second kappa shape index (κ2) is 6.26. The van der Waals surface area contributed by atoms with Gasteiger partial charge in [0, 0.05) is 5.39 Å². The maximum Gasteiger partial charge on any atom is 0.0746 e. The van der Waals surface area contributed by atoms with Gasteiger partial charge >= 0.3 is 0 Å². The summed E-state index contributed by atoms with van der Waals surface area (Å²) in [5.41, 5.74) is 4.09. The van der Waals surface area contributed by atoms with Crippen molar-refractivity contribution in [1.29, 1.82) is 0 Å². The number of unbranched alkanes of at least 4 members (excludes halogenated alkanes) is 2. The van der Waals surface area contributed by atoms with E-state index in [1.165, 1.54) is 23.6 Å². The Kier molecular flexibility index (Phi) is 4.39. The first kappa shape index (κ1) is 11.9. The van der Waals surface area contributed by atoms with Gasteiger partial charge in [-0.05, 0) is 17.9 Å². The number of rotatable bonds is 6. The van der Waals surface area contributed by atoms with Crippen molar-refractivity contribution in [2.24, 2.45) is 0 Å². The summed E-state index contributed by atoms with van der Waals surface area (Å²) in [6.07, 6.45) is 3.54. The van der Waals surface area contributed by atoms with Crippen molar-refractivity contribution >= 4 is 16.5 Å². The van der Waals surface area contributed by atoms with Gasteiger partial charge in [0.15, 0.2) is 0 Å². The van der Waals surface area contributed by atoms with Crippen molar-refractivity contribution < 1.29 is 4.84 Å². The fourth-order valence-corrected chi connectivity index (χ4v) is 1.87. The standard InChI is InChI=1S/C15H19NO/c1-2-3-6-12-17-16-15-11-7-9-13-8-4-5-10-14(13)15/h4-5,7-11,16H,2-3,6,12H2,1H3. The molecule has 1 N–H and O–H groups in total. The Morgan fingerprint density at radius 3 is 2.71 bits per heavy atom. The highest BCUT2D eigenvalue weighted by atomic mass is 16.6. The number of benzene rings is 2. The van der Waals surface area contributed by atoms with E-state index in [1.54, 1.807) is 0 Å². The topological polar surface area (TPSA) is 21.3 Å². The van der Waals surface area contributed by atoms with Crippen LogP contribution in [0.4, 0.5) is 5.69 Å². The van der Waals surface area contributed by atoms with Crippen LogP contribution < -0.4 is 5.48 Å². The van der Waals surface area contributed by atoms with E-state index in [1.807, 2.05) is 24.3 Å². The van der Waals surface area contributed by atoms with Gasteiger partial charge in [0.1, 0.15) is 0 Å². The predicted molar refractivity (Wildman–Crippen MR) is 73.0 cm³/mol. The zero-order valence-electron chi connectivity index (χ0n) is 10.3. The lowest BCUT2D eigenvalue weighted by Gasteiger charge is -2.09. The number of nitrogens with one attached hydrogen (secondary N) is 1. The second-order valence-electron chi connectivity index (χ2n) is 4.18. The monoisotopic (exact) mass is 229 g/mol. The fraction of sp³-hybridized carbons (Fsp3) is 0.333. The summed E-state index contributed by atoms with van der Waals surface area (Å²) in [5, 5.41) is 2.43. The van der Waals surface area contributed by atoms with Crippen LogP contribution in [0.3, 0.4) is 0 Å². The predicted octanol–water partition coefficient (Wildman–Crippen LogP) is 4.37. The summed E-state index contributed by atoms with van der Waals surface area (Å²) in [4.78, 5) is 5.48. The molecule has 0 spiro atoms. The molecular formula is C15H19NO. The maximum atomic E-state index is 5.48. The van der Waals surface area contributed by atoms with Crippen LogP contribution in [0.2, 0.25) is 0 Å². The summed E-state index contributed by atoms with van der Waals surface area (Å²) >= 11 is 0. The van der Waals surface area contributed by atoms with E-state index in [4.69, 9.17) is 4.84 Å². The minimum atomic E-state index is 0.761. The molecule has 0 saturated heterocycles. The third-order valence-corrected chi connectivity index (χ3v) is 2.82. The largest absolute Gasteiger partial charge is 0.276 e. The molecule has 2 aromatic carbocycles. The van der Waals surface area contributed by atoms with Crippen molar-refractivity contribution in [3.8, 4) is 0 Å². The van der Waals surface area contributed by atoms with Crippen LogP contribution in [0.25, 0.3) is 10.8 Å². The lowest BCUT2D eigenvalue weighted by atomic mass is 10.1. The van der Waals surface area contributed by atoms with Crippen LogP contribution in [0.1, 0.15) is 26.2 Å². The van der Waals surface area contributed by atoms with Crippen molar-refractivity contribution in [1.82, 2.24) is 0 Å². The van der Waals surface area contributed by atoms with E-state index in [0.717, 1.165) is 18.7 Å². The Morgan fingerprint density at radius 2 is 1.82 bits per heavy atom. The Morgan fingerprint density at radius 1 is 1.00 bits per heavy atom. The number of fused-ring (bicyclic) bond motifs is 1. The molecule has 0 aromatic heterocycles. The van der Waals surface area contributed by atoms with Gasteiger partial charge < -0.3 is 0 Å². The molecule has 0 bridgehead atoms. The van der Waals surface area contributed by atoms with E-state index in [9.17, 15) is 0 Å². The molecule has 2 aromatic rings. The molecule has 0 atom stereocenters. The molecule has 2 heteroatoms. The summed E-state index contributed by atoms with van der Waals surface area (Å²) in [6.45, 7) is 2.95. The van der Waals surface area contributed by atoms with Gasteiger partial charge in [-0.25, -0.2) is 0 Å². The first-order chi connectivity index (χ1) is 8.42. The summed E-state index contributed by atoms with van der Waals surface area (Å²) in [7, 11) is 0.